The van der Waals surface area contributed by atoms with E-state index in [9.17, 15) is 22.4 Å². The van der Waals surface area contributed by atoms with Crippen LogP contribution in [-0.4, -0.2) is 34.3 Å². The van der Waals surface area contributed by atoms with E-state index in [4.69, 9.17) is 9.47 Å². The van der Waals surface area contributed by atoms with Crippen molar-refractivity contribution in [3.05, 3.63) is 83.6 Å². The van der Waals surface area contributed by atoms with E-state index in [-0.39, 0.29) is 5.56 Å². The van der Waals surface area contributed by atoms with Crippen molar-refractivity contribution in [2.45, 2.75) is 44.8 Å². The number of carbonyl (C=O) groups is 1. The lowest BCUT2D eigenvalue weighted by Crippen LogP contribution is -2.46. The highest BCUT2D eigenvalue weighted by Gasteiger charge is 2.35. The summed E-state index contributed by atoms with van der Waals surface area (Å²) in [6.07, 6.45) is 2.35. The quantitative estimate of drug-likeness (QED) is 0.304. The number of carbonyl (C=O) groups excluding carboxylic acids is 1. The molecule has 0 bridgehead atoms. The first kappa shape index (κ1) is 25.6. The Morgan fingerprint density at radius 3 is 2.61 bits per heavy atom. The number of halogens is 4. The second kappa shape index (κ2) is 10.00. The second-order valence-corrected chi connectivity index (χ2v) is 9.41. The van der Waals surface area contributed by atoms with Crippen LogP contribution in [0.1, 0.15) is 37.5 Å². The second-order valence-electron chi connectivity index (χ2n) is 9.41. The summed E-state index contributed by atoms with van der Waals surface area (Å²) in [6, 6.07) is 12.7. The molecule has 0 unspecified atom stereocenters. The lowest BCUT2D eigenvalue weighted by Gasteiger charge is -2.27. The maximum atomic E-state index is 14.0. The van der Waals surface area contributed by atoms with Gasteiger partial charge in [-0.25, -0.2) is 13.5 Å². The van der Waals surface area contributed by atoms with E-state index in [0.717, 1.165) is 52.9 Å². The van der Waals surface area contributed by atoms with Crippen molar-refractivity contribution in [2.24, 2.45) is 0 Å². The fraction of sp³-hybridized carbons (Fsp3) is 0.286. The molecule has 0 saturated carbocycles. The van der Waals surface area contributed by atoms with E-state index in [0.29, 0.717) is 25.3 Å². The molecular formula is C28H25F4N3O3. The molecule has 1 aliphatic heterocycles. The number of nitrogens with zero attached hydrogens (tertiary/aromatic N) is 2. The molecule has 10 heteroatoms. The van der Waals surface area contributed by atoms with Crippen LogP contribution in [-0.2, 0) is 11.2 Å². The Morgan fingerprint density at radius 2 is 1.87 bits per heavy atom. The van der Waals surface area contributed by atoms with Crippen molar-refractivity contribution < 1.29 is 31.8 Å². The van der Waals surface area contributed by atoms with E-state index < -0.39 is 35.6 Å². The number of rotatable bonds is 7. The van der Waals surface area contributed by atoms with Gasteiger partial charge in [-0.05, 0) is 73.9 Å². The molecule has 198 valence electrons. The number of fused-ring (bicyclic) bond motifs is 2. The Kier molecular flexibility index (Phi) is 6.73. The third-order valence-electron chi connectivity index (χ3n) is 6.36. The fourth-order valence-electron chi connectivity index (χ4n) is 4.52. The molecule has 1 aromatic heterocycles. The molecule has 1 amide bonds. The van der Waals surface area contributed by atoms with Gasteiger partial charge in [0.05, 0.1) is 30.0 Å². The largest absolute Gasteiger partial charge is 0.493 e. The highest BCUT2D eigenvalue weighted by Crippen LogP contribution is 2.32. The van der Waals surface area contributed by atoms with Gasteiger partial charge >= 0.3 is 5.92 Å². The monoisotopic (exact) mass is 527 g/mol. The van der Waals surface area contributed by atoms with Gasteiger partial charge in [0.2, 0.25) is 0 Å². The van der Waals surface area contributed by atoms with Gasteiger partial charge in [-0.1, -0.05) is 0 Å². The summed E-state index contributed by atoms with van der Waals surface area (Å²) in [5.41, 5.74) is 2.80. The van der Waals surface area contributed by atoms with Crippen LogP contribution in [0.5, 0.6) is 11.5 Å². The van der Waals surface area contributed by atoms with Gasteiger partial charge in [0.1, 0.15) is 29.2 Å². The van der Waals surface area contributed by atoms with Gasteiger partial charge in [-0.2, -0.15) is 13.9 Å². The minimum atomic E-state index is -3.64. The van der Waals surface area contributed by atoms with Crippen LogP contribution in [0.15, 0.2) is 60.8 Å². The van der Waals surface area contributed by atoms with Crippen LogP contribution in [0.3, 0.4) is 0 Å². The van der Waals surface area contributed by atoms with Gasteiger partial charge < -0.3 is 14.8 Å². The molecule has 0 aliphatic carbocycles. The summed E-state index contributed by atoms with van der Waals surface area (Å²) in [4.78, 5) is 11.9. The van der Waals surface area contributed by atoms with E-state index in [1.807, 2.05) is 18.2 Å². The van der Waals surface area contributed by atoms with Crippen LogP contribution in [0.2, 0.25) is 0 Å². The molecule has 0 spiro atoms. The van der Waals surface area contributed by atoms with Crippen LogP contribution in [0.4, 0.5) is 17.6 Å². The van der Waals surface area contributed by atoms with Crippen molar-refractivity contribution in [3.63, 3.8) is 0 Å². The molecular weight excluding hydrogens is 502 g/mol. The Hall–Kier alpha value is -4.08. The number of aryl methyl sites for hydroxylation is 1. The number of alkyl halides is 2. The predicted molar refractivity (Wildman–Crippen MR) is 133 cm³/mol. The summed E-state index contributed by atoms with van der Waals surface area (Å²) in [5, 5.41) is 7.40. The van der Waals surface area contributed by atoms with Crippen LogP contribution >= 0.6 is 0 Å². The van der Waals surface area contributed by atoms with Crippen LogP contribution in [0, 0.1) is 11.6 Å². The zero-order valence-corrected chi connectivity index (χ0v) is 20.7. The van der Waals surface area contributed by atoms with Crippen molar-refractivity contribution in [2.75, 3.05) is 6.61 Å². The summed E-state index contributed by atoms with van der Waals surface area (Å²) in [7, 11) is 0. The first-order chi connectivity index (χ1) is 18.1. The van der Waals surface area contributed by atoms with Gasteiger partial charge in [0.15, 0.2) is 0 Å². The average molecular weight is 528 g/mol. The zero-order valence-electron chi connectivity index (χ0n) is 20.7. The molecule has 1 N–H and O–H groups in total. The molecule has 0 radical (unpaired) electrons. The zero-order chi connectivity index (χ0) is 27.0. The number of nitrogens with one attached hydrogen (secondary N) is 1. The van der Waals surface area contributed by atoms with E-state index in [2.05, 4.69) is 10.4 Å². The average Bonchev–Trinajstić information content (AvgIpc) is 3.29. The highest BCUT2D eigenvalue weighted by atomic mass is 19.3. The first-order valence-electron chi connectivity index (χ1n) is 12.1. The number of amides is 1. The minimum absolute atomic E-state index is 0.0433. The smallest absolute Gasteiger partial charge is 0.321 e. The molecule has 3 aromatic carbocycles. The SMILES string of the molecule is C[C@H](NC(=O)C(C)(F)F)[C@H](Oc1ccc2c(cnn2-c2ccc3c(c2)CCCO3)c1)c1cc(F)cc(F)c1. The number of aromatic nitrogens is 2. The lowest BCUT2D eigenvalue weighted by atomic mass is 10.0. The number of benzene rings is 3. The number of hydrogen-bond acceptors (Lipinski definition) is 4. The molecule has 6 nitrogen and oxygen atoms in total. The molecule has 0 fully saturated rings. The summed E-state index contributed by atoms with van der Waals surface area (Å²) in [6.45, 7) is 2.59. The molecule has 1 aliphatic rings. The van der Waals surface area contributed by atoms with Gasteiger partial charge in [-0.3, -0.25) is 4.79 Å². The molecule has 4 aromatic rings. The predicted octanol–water partition coefficient (Wildman–Crippen LogP) is 5.91. The van der Waals surface area contributed by atoms with Crippen molar-refractivity contribution >= 4 is 16.8 Å². The highest BCUT2D eigenvalue weighted by molar-refractivity contribution is 5.83. The topological polar surface area (TPSA) is 65.4 Å². The minimum Gasteiger partial charge on any atom is -0.493 e. The Balaban J connectivity index is 1.45. The number of hydrogen-bond donors (Lipinski definition) is 1. The molecule has 0 saturated heterocycles. The maximum absolute atomic E-state index is 14.0. The third-order valence-corrected chi connectivity index (χ3v) is 6.36. The summed E-state index contributed by atoms with van der Waals surface area (Å²) < 4.78 is 68.5. The Morgan fingerprint density at radius 1 is 1.11 bits per heavy atom. The summed E-state index contributed by atoms with van der Waals surface area (Å²) in [5.74, 6) is -5.71. The lowest BCUT2D eigenvalue weighted by molar-refractivity contribution is -0.144. The van der Waals surface area contributed by atoms with Crippen LogP contribution < -0.4 is 14.8 Å². The number of ether oxygens (including phenoxy) is 2. The van der Waals surface area contributed by atoms with E-state index in [1.54, 1.807) is 29.1 Å². The van der Waals surface area contributed by atoms with E-state index in [1.165, 1.54) is 6.92 Å². The molecule has 2 heterocycles. The Bertz CT molecular complexity index is 1480. The molecule has 38 heavy (non-hydrogen) atoms. The summed E-state index contributed by atoms with van der Waals surface area (Å²) >= 11 is 0. The van der Waals surface area contributed by atoms with Crippen molar-refractivity contribution in [3.8, 4) is 17.2 Å². The Labute approximate surface area is 216 Å². The normalized spacial score (nSPS) is 14.9. The fourth-order valence-corrected chi connectivity index (χ4v) is 4.52. The molecule has 2 atom stereocenters. The van der Waals surface area contributed by atoms with Gasteiger partial charge in [-0.15, -0.1) is 0 Å². The third kappa shape index (κ3) is 5.29. The standard InChI is InChI=1S/C28H25F4N3O3/c1-16(34-27(36)28(2,31)32)26(18-10-20(29)14-21(30)11-18)38-23-6-7-24-19(13-23)15-33-35(24)22-5-8-25-17(12-22)4-3-9-37-25/h5-8,10-16,26H,3-4,9H2,1-2H3,(H,34,36)/t16-,26-/m0/s1. The van der Waals surface area contributed by atoms with Crippen LogP contribution in [0.25, 0.3) is 16.6 Å². The first-order valence-corrected chi connectivity index (χ1v) is 12.1. The van der Waals surface area contributed by atoms with Crippen molar-refractivity contribution in [1.82, 2.24) is 15.1 Å². The van der Waals surface area contributed by atoms with Gasteiger partial charge in [0, 0.05) is 23.9 Å². The molecule has 5 rings (SSSR count). The maximum Gasteiger partial charge on any atom is 0.321 e. The van der Waals surface area contributed by atoms with Crippen molar-refractivity contribution in [1.29, 1.82) is 0 Å². The van der Waals surface area contributed by atoms with Gasteiger partial charge in [0.25, 0.3) is 5.91 Å². The van der Waals surface area contributed by atoms with E-state index >= 15 is 0 Å².